The summed E-state index contributed by atoms with van der Waals surface area (Å²) in [7, 11) is 1.55. The lowest BCUT2D eigenvalue weighted by Crippen LogP contribution is -2.16. The van der Waals surface area contributed by atoms with Crippen molar-refractivity contribution in [2.45, 2.75) is 6.92 Å². The molecule has 1 aromatic carbocycles. The molecular formula is C18H15F2N5O. The van der Waals surface area contributed by atoms with Crippen LogP contribution in [0.2, 0.25) is 0 Å². The number of carbonyl (C=O) groups is 1. The molecule has 0 radical (unpaired) electrons. The SMILES string of the molecule is Cc1cccc(C(=O)Nc2cc(F)c(F)c(N(C)c3cncnc3)c2)n1. The molecule has 132 valence electrons. The zero-order valence-corrected chi connectivity index (χ0v) is 14.1. The van der Waals surface area contributed by atoms with Gasteiger partial charge in [0.15, 0.2) is 11.6 Å². The Labute approximate surface area is 148 Å². The molecule has 0 unspecified atom stereocenters. The topological polar surface area (TPSA) is 71.0 Å². The maximum atomic E-state index is 14.2. The van der Waals surface area contributed by atoms with E-state index >= 15 is 0 Å². The van der Waals surface area contributed by atoms with Crippen LogP contribution >= 0.6 is 0 Å². The zero-order chi connectivity index (χ0) is 18.7. The lowest BCUT2D eigenvalue weighted by molar-refractivity contribution is 0.102. The normalized spacial score (nSPS) is 10.5. The van der Waals surface area contributed by atoms with Crippen LogP contribution in [0, 0.1) is 18.6 Å². The number of rotatable bonds is 4. The average molecular weight is 355 g/mol. The Balaban J connectivity index is 1.92. The molecular weight excluding hydrogens is 340 g/mol. The molecule has 26 heavy (non-hydrogen) atoms. The molecule has 0 aliphatic heterocycles. The molecule has 0 saturated carbocycles. The van der Waals surface area contributed by atoms with Gasteiger partial charge in [-0.15, -0.1) is 0 Å². The van der Waals surface area contributed by atoms with Crippen LogP contribution in [0.4, 0.5) is 25.8 Å². The van der Waals surface area contributed by atoms with Gasteiger partial charge in [0, 0.05) is 24.5 Å². The Hall–Kier alpha value is -3.42. The molecule has 2 aromatic heterocycles. The predicted molar refractivity (Wildman–Crippen MR) is 93.4 cm³/mol. The van der Waals surface area contributed by atoms with E-state index in [1.165, 1.54) is 35.8 Å². The van der Waals surface area contributed by atoms with E-state index in [4.69, 9.17) is 0 Å². The quantitative estimate of drug-likeness (QED) is 0.776. The molecule has 0 fully saturated rings. The summed E-state index contributed by atoms with van der Waals surface area (Å²) in [5.41, 5.74) is 1.37. The number of nitrogens with one attached hydrogen (secondary N) is 1. The van der Waals surface area contributed by atoms with Crippen molar-refractivity contribution in [3.05, 3.63) is 72.1 Å². The highest BCUT2D eigenvalue weighted by atomic mass is 19.2. The monoisotopic (exact) mass is 355 g/mol. The first-order valence-corrected chi connectivity index (χ1v) is 7.68. The van der Waals surface area contributed by atoms with Gasteiger partial charge in [0.1, 0.15) is 12.0 Å². The number of hydrogen-bond donors (Lipinski definition) is 1. The predicted octanol–water partition coefficient (Wildman–Crippen LogP) is 3.48. The summed E-state index contributed by atoms with van der Waals surface area (Å²) in [5.74, 6) is -2.64. The molecule has 6 nitrogen and oxygen atoms in total. The summed E-state index contributed by atoms with van der Waals surface area (Å²) in [6, 6.07) is 7.23. The molecule has 0 saturated heterocycles. The molecule has 3 rings (SSSR count). The van der Waals surface area contributed by atoms with Crippen molar-refractivity contribution < 1.29 is 13.6 Å². The minimum atomic E-state index is -1.08. The number of anilines is 3. The van der Waals surface area contributed by atoms with Crippen molar-refractivity contribution in [3.8, 4) is 0 Å². The molecule has 0 atom stereocenters. The van der Waals surface area contributed by atoms with Crippen molar-refractivity contribution in [2.75, 3.05) is 17.3 Å². The number of carbonyl (C=O) groups excluding carboxylic acids is 1. The molecule has 0 aliphatic carbocycles. The number of nitrogens with zero attached hydrogens (tertiary/aromatic N) is 4. The lowest BCUT2D eigenvalue weighted by Gasteiger charge is -2.20. The van der Waals surface area contributed by atoms with Crippen molar-refractivity contribution in [1.82, 2.24) is 15.0 Å². The second-order valence-electron chi connectivity index (χ2n) is 5.57. The fraction of sp³-hybridized carbons (Fsp3) is 0.111. The van der Waals surface area contributed by atoms with Crippen LogP contribution in [0.3, 0.4) is 0 Å². The van der Waals surface area contributed by atoms with Gasteiger partial charge in [0.2, 0.25) is 0 Å². The summed E-state index contributed by atoms with van der Waals surface area (Å²) < 4.78 is 28.3. The number of hydrogen-bond acceptors (Lipinski definition) is 5. The van der Waals surface area contributed by atoms with Gasteiger partial charge in [-0.2, -0.15) is 0 Å². The Bertz CT molecular complexity index is 950. The smallest absolute Gasteiger partial charge is 0.274 e. The third-order valence-electron chi connectivity index (χ3n) is 3.68. The first kappa shape index (κ1) is 17.4. The van der Waals surface area contributed by atoms with Crippen molar-refractivity contribution in [3.63, 3.8) is 0 Å². The van der Waals surface area contributed by atoms with E-state index in [-0.39, 0.29) is 17.1 Å². The van der Waals surface area contributed by atoms with Gasteiger partial charge in [0.25, 0.3) is 5.91 Å². The maximum Gasteiger partial charge on any atom is 0.274 e. The third kappa shape index (κ3) is 3.64. The highest BCUT2D eigenvalue weighted by Crippen LogP contribution is 2.30. The standard InChI is InChI=1S/C18H15F2N5O/c1-11-4-3-5-15(23-11)18(26)24-12-6-14(19)17(20)16(7-12)25(2)13-8-21-10-22-9-13/h3-10H,1-2H3,(H,24,26). The molecule has 0 spiro atoms. The van der Waals surface area contributed by atoms with Crippen LogP contribution in [0.1, 0.15) is 16.2 Å². The third-order valence-corrected chi connectivity index (χ3v) is 3.68. The Morgan fingerprint density at radius 3 is 2.58 bits per heavy atom. The Morgan fingerprint density at radius 1 is 1.15 bits per heavy atom. The largest absolute Gasteiger partial charge is 0.340 e. The second-order valence-corrected chi connectivity index (χ2v) is 5.57. The van der Waals surface area contributed by atoms with Gasteiger partial charge in [-0.1, -0.05) is 6.07 Å². The van der Waals surface area contributed by atoms with E-state index in [0.717, 1.165) is 6.07 Å². The highest BCUT2D eigenvalue weighted by Gasteiger charge is 2.17. The van der Waals surface area contributed by atoms with Gasteiger partial charge in [0.05, 0.1) is 23.8 Å². The molecule has 1 amide bonds. The van der Waals surface area contributed by atoms with Crippen LogP contribution < -0.4 is 10.2 Å². The van der Waals surface area contributed by atoms with Crippen LogP contribution in [-0.4, -0.2) is 27.9 Å². The molecule has 0 aliphatic rings. The zero-order valence-electron chi connectivity index (χ0n) is 14.1. The Kier molecular flexibility index (Phi) is 4.83. The average Bonchev–Trinajstić information content (AvgIpc) is 2.64. The van der Waals surface area contributed by atoms with Crippen LogP contribution in [0.25, 0.3) is 0 Å². The van der Waals surface area contributed by atoms with Crippen LogP contribution in [-0.2, 0) is 0 Å². The minimum Gasteiger partial charge on any atom is -0.340 e. The number of halogens is 2. The number of amides is 1. The summed E-state index contributed by atoms with van der Waals surface area (Å²) >= 11 is 0. The minimum absolute atomic E-state index is 0.0627. The van der Waals surface area contributed by atoms with Gasteiger partial charge < -0.3 is 10.2 Å². The fourth-order valence-corrected chi connectivity index (χ4v) is 2.36. The van der Waals surface area contributed by atoms with Gasteiger partial charge in [-0.3, -0.25) is 4.79 Å². The molecule has 0 bridgehead atoms. The summed E-state index contributed by atoms with van der Waals surface area (Å²) in [6.07, 6.45) is 4.26. The Morgan fingerprint density at radius 2 is 1.88 bits per heavy atom. The highest BCUT2D eigenvalue weighted by molar-refractivity contribution is 6.03. The van der Waals surface area contributed by atoms with E-state index in [1.807, 2.05) is 0 Å². The summed E-state index contributed by atoms with van der Waals surface area (Å²) in [4.78, 5) is 25.5. The number of aryl methyl sites for hydroxylation is 1. The fourth-order valence-electron chi connectivity index (χ4n) is 2.36. The van der Waals surface area contributed by atoms with E-state index in [2.05, 4.69) is 20.3 Å². The van der Waals surface area contributed by atoms with Crippen molar-refractivity contribution in [1.29, 1.82) is 0 Å². The lowest BCUT2D eigenvalue weighted by atomic mass is 10.2. The molecule has 8 heteroatoms. The van der Waals surface area contributed by atoms with E-state index in [9.17, 15) is 13.6 Å². The van der Waals surface area contributed by atoms with Crippen LogP contribution in [0.5, 0.6) is 0 Å². The summed E-state index contributed by atoms with van der Waals surface area (Å²) in [6.45, 7) is 1.75. The maximum absolute atomic E-state index is 14.2. The van der Waals surface area contributed by atoms with E-state index < -0.39 is 17.5 Å². The molecule has 2 heterocycles. The molecule has 1 N–H and O–H groups in total. The van der Waals surface area contributed by atoms with Crippen LogP contribution in [0.15, 0.2) is 49.1 Å². The number of pyridine rings is 1. The first-order valence-electron chi connectivity index (χ1n) is 7.68. The number of benzene rings is 1. The first-order chi connectivity index (χ1) is 12.5. The van der Waals surface area contributed by atoms with E-state index in [1.54, 1.807) is 26.1 Å². The number of aromatic nitrogens is 3. The van der Waals surface area contributed by atoms with Gasteiger partial charge >= 0.3 is 0 Å². The van der Waals surface area contributed by atoms with E-state index in [0.29, 0.717) is 11.4 Å². The van der Waals surface area contributed by atoms with Gasteiger partial charge in [-0.25, -0.2) is 23.7 Å². The van der Waals surface area contributed by atoms with Crippen molar-refractivity contribution in [2.24, 2.45) is 0 Å². The second kappa shape index (κ2) is 7.22. The van der Waals surface area contributed by atoms with Crippen molar-refractivity contribution >= 4 is 23.0 Å². The summed E-state index contributed by atoms with van der Waals surface area (Å²) in [5, 5.41) is 2.53. The van der Waals surface area contributed by atoms with Gasteiger partial charge in [-0.05, 0) is 25.1 Å². The molecule has 3 aromatic rings.